The highest BCUT2D eigenvalue weighted by molar-refractivity contribution is 5.39. The van der Waals surface area contributed by atoms with E-state index in [9.17, 15) is 13.2 Å². The summed E-state index contributed by atoms with van der Waals surface area (Å²) >= 11 is 0. The summed E-state index contributed by atoms with van der Waals surface area (Å²) in [5.41, 5.74) is 1.65. The lowest BCUT2D eigenvalue weighted by atomic mass is 10.1. The predicted molar refractivity (Wildman–Crippen MR) is 93.0 cm³/mol. The third-order valence-corrected chi connectivity index (χ3v) is 4.37. The summed E-state index contributed by atoms with van der Waals surface area (Å²) in [7, 11) is 0. The van der Waals surface area contributed by atoms with Crippen molar-refractivity contribution >= 4 is 0 Å². The third-order valence-electron chi connectivity index (χ3n) is 4.37. The smallest absolute Gasteiger partial charge is 0.489 e. The van der Waals surface area contributed by atoms with Crippen LogP contribution in [0.4, 0.5) is 13.2 Å². The van der Waals surface area contributed by atoms with Gasteiger partial charge in [0.05, 0.1) is 0 Å². The number of rotatable bonds is 7. The van der Waals surface area contributed by atoms with Gasteiger partial charge in [0.25, 0.3) is 0 Å². The Morgan fingerprint density at radius 2 is 1.62 bits per heavy atom. The van der Waals surface area contributed by atoms with Gasteiger partial charge in [0.15, 0.2) is 0 Å². The molecule has 3 nitrogen and oxygen atoms in total. The second kappa shape index (κ2) is 8.45. The van der Waals surface area contributed by atoms with Gasteiger partial charge in [-0.25, -0.2) is 0 Å². The molecule has 1 saturated carbocycles. The molecule has 0 aliphatic heterocycles. The zero-order chi connectivity index (χ0) is 18.4. The number of hydrogen-bond donors (Lipinski definition) is 1. The largest absolute Gasteiger partial charge is 0.573 e. The Hall–Kier alpha value is -2.21. The van der Waals surface area contributed by atoms with Crippen molar-refractivity contribution < 1.29 is 22.6 Å². The Balaban J connectivity index is 1.70. The molecule has 2 aromatic rings. The minimum absolute atomic E-state index is 0.258. The molecule has 1 N–H and O–H groups in total. The first-order valence-electron chi connectivity index (χ1n) is 8.78. The van der Waals surface area contributed by atoms with E-state index >= 15 is 0 Å². The molecule has 0 spiro atoms. The van der Waals surface area contributed by atoms with Crippen LogP contribution >= 0.6 is 0 Å². The van der Waals surface area contributed by atoms with Gasteiger partial charge in [-0.2, -0.15) is 0 Å². The molecule has 0 saturated heterocycles. The topological polar surface area (TPSA) is 30.5 Å². The van der Waals surface area contributed by atoms with Crippen LogP contribution in [0.3, 0.4) is 0 Å². The van der Waals surface area contributed by atoms with Gasteiger partial charge >= 0.3 is 6.36 Å². The molecule has 2 aromatic carbocycles. The molecular weight excluding hydrogens is 343 g/mol. The van der Waals surface area contributed by atoms with Gasteiger partial charge in [0.1, 0.15) is 18.1 Å². The van der Waals surface area contributed by atoms with Gasteiger partial charge in [-0.15, -0.1) is 13.2 Å². The molecule has 1 fully saturated rings. The van der Waals surface area contributed by atoms with Crippen LogP contribution in [0.15, 0.2) is 48.5 Å². The Bertz CT molecular complexity index is 698. The molecular formula is C20H22F3NO2. The zero-order valence-electron chi connectivity index (χ0n) is 14.4. The van der Waals surface area contributed by atoms with Gasteiger partial charge in [-0.3, -0.25) is 0 Å². The second-order valence-corrected chi connectivity index (χ2v) is 6.50. The van der Waals surface area contributed by atoms with Crippen LogP contribution in [-0.2, 0) is 13.2 Å². The first-order valence-corrected chi connectivity index (χ1v) is 8.78. The molecule has 0 amide bonds. The van der Waals surface area contributed by atoms with Crippen LogP contribution in [0, 0.1) is 0 Å². The van der Waals surface area contributed by atoms with Crippen molar-refractivity contribution in [1.82, 2.24) is 5.32 Å². The highest BCUT2D eigenvalue weighted by atomic mass is 19.4. The SMILES string of the molecule is FC(F)(F)Oc1cc(CNC2CCCC2)cc(OCc2ccccc2)c1. The van der Waals surface area contributed by atoms with E-state index in [1.165, 1.54) is 25.0 Å². The van der Waals surface area contributed by atoms with E-state index in [2.05, 4.69) is 10.1 Å². The maximum absolute atomic E-state index is 12.6. The number of nitrogens with one attached hydrogen (secondary N) is 1. The Morgan fingerprint density at radius 3 is 2.31 bits per heavy atom. The van der Waals surface area contributed by atoms with Crippen LogP contribution in [-0.4, -0.2) is 12.4 Å². The molecule has 0 unspecified atom stereocenters. The fourth-order valence-electron chi connectivity index (χ4n) is 3.14. The van der Waals surface area contributed by atoms with E-state index in [1.807, 2.05) is 30.3 Å². The van der Waals surface area contributed by atoms with Crippen molar-refractivity contribution in [3.05, 3.63) is 59.7 Å². The van der Waals surface area contributed by atoms with Gasteiger partial charge in [0, 0.05) is 18.7 Å². The third kappa shape index (κ3) is 5.95. The number of halogens is 3. The van der Waals surface area contributed by atoms with Crippen LogP contribution in [0.25, 0.3) is 0 Å². The Morgan fingerprint density at radius 1 is 0.923 bits per heavy atom. The highest BCUT2D eigenvalue weighted by Crippen LogP contribution is 2.29. The van der Waals surface area contributed by atoms with E-state index < -0.39 is 6.36 Å². The normalized spacial score (nSPS) is 15.2. The van der Waals surface area contributed by atoms with E-state index in [-0.39, 0.29) is 12.4 Å². The summed E-state index contributed by atoms with van der Waals surface area (Å²) in [5, 5.41) is 3.40. The number of benzene rings is 2. The average Bonchev–Trinajstić information content (AvgIpc) is 3.11. The van der Waals surface area contributed by atoms with Crippen LogP contribution in [0.5, 0.6) is 11.5 Å². The van der Waals surface area contributed by atoms with Crippen molar-refractivity contribution in [3.8, 4) is 11.5 Å². The molecule has 0 bridgehead atoms. The molecule has 0 heterocycles. The summed E-state index contributed by atoms with van der Waals surface area (Å²) in [5.74, 6) is 0.102. The van der Waals surface area contributed by atoms with Crippen molar-refractivity contribution in [3.63, 3.8) is 0 Å². The maximum Gasteiger partial charge on any atom is 0.573 e. The minimum atomic E-state index is -4.73. The molecule has 140 valence electrons. The minimum Gasteiger partial charge on any atom is -0.489 e. The molecule has 0 aromatic heterocycles. The van der Waals surface area contributed by atoms with Crippen molar-refractivity contribution in [2.75, 3.05) is 0 Å². The van der Waals surface area contributed by atoms with Crippen LogP contribution < -0.4 is 14.8 Å². The van der Waals surface area contributed by atoms with E-state index in [4.69, 9.17) is 4.74 Å². The molecule has 0 atom stereocenters. The molecule has 1 aliphatic rings. The first kappa shape index (κ1) is 18.6. The van der Waals surface area contributed by atoms with E-state index in [1.54, 1.807) is 6.07 Å². The quantitative estimate of drug-likeness (QED) is 0.732. The lowest BCUT2D eigenvalue weighted by molar-refractivity contribution is -0.274. The fraction of sp³-hybridized carbons (Fsp3) is 0.400. The predicted octanol–water partition coefficient (Wildman–Crippen LogP) is 5.20. The Kier molecular flexibility index (Phi) is 6.04. The van der Waals surface area contributed by atoms with Gasteiger partial charge in [-0.1, -0.05) is 43.2 Å². The number of hydrogen-bond acceptors (Lipinski definition) is 3. The molecule has 1 aliphatic carbocycles. The van der Waals surface area contributed by atoms with Gasteiger partial charge < -0.3 is 14.8 Å². The Labute approximate surface area is 151 Å². The average molecular weight is 365 g/mol. The monoisotopic (exact) mass is 365 g/mol. The summed E-state index contributed by atoms with van der Waals surface area (Å²) in [6.45, 7) is 0.771. The molecule has 3 rings (SSSR count). The van der Waals surface area contributed by atoms with Crippen LogP contribution in [0.1, 0.15) is 36.8 Å². The lowest BCUT2D eigenvalue weighted by Crippen LogP contribution is -2.25. The van der Waals surface area contributed by atoms with Crippen molar-refractivity contribution in [2.45, 2.75) is 51.2 Å². The molecule has 6 heteroatoms. The van der Waals surface area contributed by atoms with E-state index in [0.717, 1.165) is 18.4 Å². The van der Waals surface area contributed by atoms with Crippen LogP contribution in [0.2, 0.25) is 0 Å². The number of alkyl halides is 3. The van der Waals surface area contributed by atoms with Gasteiger partial charge in [0.2, 0.25) is 0 Å². The summed E-state index contributed by atoms with van der Waals surface area (Å²) < 4.78 is 47.6. The lowest BCUT2D eigenvalue weighted by Gasteiger charge is -2.16. The zero-order valence-corrected chi connectivity index (χ0v) is 14.4. The summed E-state index contributed by atoms with van der Waals surface area (Å²) in [6, 6.07) is 14.3. The maximum atomic E-state index is 12.6. The van der Waals surface area contributed by atoms with Crippen molar-refractivity contribution in [1.29, 1.82) is 0 Å². The summed E-state index contributed by atoms with van der Waals surface area (Å²) in [4.78, 5) is 0. The molecule has 26 heavy (non-hydrogen) atoms. The van der Waals surface area contributed by atoms with Crippen molar-refractivity contribution in [2.24, 2.45) is 0 Å². The fourth-order valence-corrected chi connectivity index (χ4v) is 3.14. The molecule has 0 radical (unpaired) electrons. The highest BCUT2D eigenvalue weighted by Gasteiger charge is 2.31. The first-order chi connectivity index (χ1) is 12.5. The van der Waals surface area contributed by atoms with E-state index in [0.29, 0.717) is 23.9 Å². The standard InChI is InChI=1S/C20H22F3NO2/c21-20(22,23)26-19-11-16(13-24-17-8-4-5-9-17)10-18(12-19)25-14-15-6-2-1-3-7-15/h1-3,6-7,10-12,17,24H,4-5,8-9,13-14H2. The number of ether oxygens (including phenoxy) is 2. The summed E-state index contributed by atoms with van der Waals surface area (Å²) in [6.07, 6.45) is -0.124. The van der Waals surface area contributed by atoms with Gasteiger partial charge in [-0.05, 0) is 36.1 Å². The second-order valence-electron chi connectivity index (χ2n) is 6.50.